The zero-order valence-corrected chi connectivity index (χ0v) is 20.4. The summed E-state index contributed by atoms with van der Waals surface area (Å²) in [6, 6.07) is 9.79. The minimum atomic E-state index is -0.689. The Morgan fingerprint density at radius 1 is 1.14 bits per heavy atom. The lowest BCUT2D eigenvalue weighted by atomic mass is 10.1. The highest BCUT2D eigenvalue weighted by molar-refractivity contribution is 6.53. The van der Waals surface area contributed by atoms with Crippen LogP contribution in [0.15, 0.2) is 47.1 Å². The topological polar surface area (TPSA) is 106 Å². The van der Waals surface area contributed by atoms with Gasteiger partial charge in [-0.15, -0.1) is 0 Å². The zero-order chi connectivity index (χ0) is 25.1. The lowest BCUT2D eigenvalue weighted by molar-refractivity contribution is -0.120. The van der Waals surface area contributed by atoms with Gasteiger partial charge in [0.25, 0.3) is 17.7 Å². The van der Waals surface area contributed by atoms with Gasteiger partial charge < -0.3 is 24.8 Å². The lowest BCUT2D eigenvalue weighted by Gasteiger charge is -2.19. The van der Waals surface area contributed by atoms with E-state index in [9.17, 15) is 14.4 Å². The van der Waals surface area contributed by atoms with Gasteiger partial charge in [-0.3, -0.25) is 14.4 Å². The van der Waals surface area contributed by atoms with Crippen molar-refractivity contribution in [3.8, 4) is 11.5 Å². The van der Waals surface area contributed by atoms with E-state index in [1.165, 1.54) is 14.2 Å². The fourth-order valence-electron chi connectivity index (χ4n) is 3.95. The van der Waals surface area contributed by atoms with Gasteiger partial charge >= 0.3 is 0 Å². The summed E-state index contributed by atoms with van der Waals surface area (Å²) in [5.41, 5.74) is 1.79. The first-order valence-electron chi connectivity index (χ1n) is 11.1. The molecule has 1 saturated heterocycles. The van der Waals surface area contributed by atoms with Crippen LogP contribution in [0.1, 0.15) is 28.8 Å². The van der Waals surface area contributed by atoms with E-state index in [1.54, 1.807) is 36.4 Å². The van der Waals surface area contributed by atoms with Gasteiger partial charge in [-0.25, -0.2) is 4.90 Å². The Morgan fingerprint density at radius 2 is 1.94 bits per heavy atom. The number of amides is 3. The molecule has 0 bridgehead atoms. The van der Waals surface area contributed by atoms with E-state index in [0.29, 0.717) is 30.2 Å². The van der Waals surface area contributed by atoms with E-state index in [-0.39, 0.29) is 34.2 Å². The molecule has 1 unspecified atom stereocenters. The molecular formula is C25H26ClN3O6. The third-order valence-electron chi connectivity index (χ3n) is 5.93. The maximum absolute atomic E-state index is 13.3. The van der Waals surface area contributed by atoms with Crippen molar-refractivity contribution in [1.82, 2.24) is 5.32 Å². The number of carbonyl (C=O) groups is 3. The van der Waals surface area contributed by atoms with Gasteiger partial charge in [-0.2, -0.15) is 0 Å². The second-order valence-electron chi connectivity index (χ2n) is 8.17. The van der Waals surface area contributed by atoms with Crippen LogP contribution in [0.2, 0.25) is 0 Å². The van der Waals surface area contributed by atoms with Crippen LogP contribution in [-0.2, 0) is 14.3 Å². The molecule has 9 nitrogen and oxygen atoms in total. The number of imide groups is 1. The van der Waals surface area contributed by atoms with E-state index in [2.05, 4.69) is 10.6 Å². The molecule has 2 aliphatic rings. The number of anilines is 2. The van der Waals surface area contributed by atoms with Crippen molar-refractivity contribution < 1.29 is 28.6 Å². The Bertz CT molecular complexity index is 1210. The highest BCUT2D eigenvalue weighted by Gasteiger charge is 2.40. The van der Waals surface area contributed by atoms with Crippen LogP contribution in [0.25, 0.3) is 0 Å². The highest BCUT2D eigenvalue weighted by Crippen LogP contribution is 2.38. The highest BCUT2D eigenvalue weighted by atomic mass is 35.5. The van der Waals surface area contributed by atoms with E-state index in [1.807, 2.05) is 6.92 Å². The van der Waals surface area contributed by atoms with Crippen molar-refractivity contribution in [3.05, 3.63) is 58.3 Å². The van der Waals surface area contributed by atoms with Gasteiger partial charge in [0.15, 0.2) is 0 Å². The lowest BCUT2D eigenvalue weighted by Crippen LogP contribution is -2.32. The van der Waals surface area contributed by atoms with E-state index in [0.717, 1.165) is 23.3 Å². The molecular weight excluding hydrogens is 474 g/mol. The minimum Gasteiger partial charge on any atom is -0.497 e. The summed E-state index contributed by atoms with van der Waals surface area (Å²) in [6.07, 6.45) is 1.93. The van der Waals surface area contributed by atoms with Crippen LogP contribution in [0.4, 0.5) is 11.4 Å². The number of ether oxygens (including phenoxy) is 3. The Morgan fingerprint density at radius 3 is 2.63 bits per heavy atom. The summed E-state index contributed by atoms with van der Waals surface area (Å²) < 4.78 is 16.1. The van der Waals surface area contributed by atoms with Gasteiger partial charge in [-0.05, 0) is 49.6 Å². The Labute approximate surface area is 208 Å². The number of halogens is 1. The summed E-state index contributed by atoms with van der Waals surface area (Å²) in [5.74, 6) is -0.811. The molecule has 35 heavy (non-hydrogen) atoms. The molecule has 0 spiro atoms. The molecule has 2 aromatic carbocycles. The van der Waals surface area contributed by atoms with Crippen molar-refractivity contribution in [2.75, 3.05) is 37.6 Å². The predicted molar refractivity (Wildman–Crippen MR) is 131 cm³/mol. The second-order valence-corrected chi connectivity index (χ2v) is 8.55. The maximum atomic E-state index is 13.3. The monoisotopic (exact) mass is 499 g/mol. The van der Waals surface area contributed by atoms with Gasteiger partial charge in [0.1, 0.15) is 22.2 Å². The zero-order valence-electron chi connectivity index (χ0n) is 19.6. The van der Waals surface area contributed by atoms with Crippen LogP contribution in [-0.4, -0.2) is 51.2 Å². The van der Waals surface area contributed by atoms with Crippen molar-refractivity contribution in [3.63, 3.8) is 0 Å². The van der Waals surface area contributed by atoms with E-state index >= 15 is 0 Å². The van der Waals surface area contributed by atoms with Crippen molar-refractivity contribution in [1.29, 1.82) is 0 Å². The summed E-state index contributed by atoms with van der Waals surface area (Å²) >= 11 is 6.30. The molecule has 2 aliphatic heterocycles. The molecule has 0 aromatic heterocycles. The molecule has 2 N–H and O–H groups in total. The van der Waals surface area contributed by atoms with Crippen LogP contribution < -0.4 is 25.0 Å². The number of hydrogen-bond acceptors (Lipinski definition) is 7. The quantitative estimate of drug-likeness (QED) is 0.536. The van der Waals surface area contributed by atoms with Gasteiger partial charge in [0.2, 0.25) is 0 Å². The molecule has 184 valence electrons. The number of aryl methyl sites for hydroxylation is 1. The molecule has 10 heteroatoms. The fraction of sp³-hybridized carbons (Fsp3) is 0.320. The van der Waals surface area contributed by atoms with Crippen LogP contribution in [0.3, 0.4) is 0 Å². The van der Waals surface area contributed by atoms with Crippen molar-refractivity contribution >= 4 is 40.7 Å². The molecule has 2 heterocycles. The van der Waals surface area contributed by atoms with Crippen molar-refractivity contribution in [2.24, 2.45) is 0 Å². The SMILES string of the molecule is COc1ccc(N2C(=O)C(Cl)=C(Nc3cc(C(=O)NCC4CCCO4)ccc3C)C2=O)c(OC)c1. The Balaban J connectivity index is 1.55. The van der Waals surface area contributed by atoms with Crippen LogP contribution in [0.5, 0.6) is 11.5 Å². The first-order chi connectivity index (χ1) is 16.8. The van der Waals surface area contributed by atoms with Crippen LogP contribution in [0, 0.1) is 6.92 Å². The first-order valence-corrected chi connectivity index (χ1v) is 11.5. The summed E-state index contributed by atoms with van der Waals surface area (Å²) in [7, 11) is 2.93. The molecule has 3 amide bonds. The maximum Gasteiger partial charge on any atom is 0.283 e. The fourth-order valence-corrected chi connectivity index (χ4v) is 4.16. The Kier molecular flexibility index (Phi) is 7.28. The smallest absolute Gasteiger partial charge is 0.283 e. The predicted octanol–water partition coefficient (Wildman–Crippen LogP) is 3.36. The number of methoxy groups -OCH3 is 2. The number of benzene rings is 2. The normalized spacial score (nSPS) is 17.7. The number of nitrogens with one attached hydrogen (secondary N) is 2. The van der Waals surface area contributed by atoms with Gasteiger partial charge in [0, 0.05) is 30.5 Å². The minimum absolute atomic E-state index is 0.0222. The molecule has 4 rings (SSSR count). The van der Waals surface area contributed by atoms with Gasteiger partial charge in [-0.1, -0.05) is 17.7 Å². The molecule has 0 aliphatic carbocycles. The van der Waals surface area contributed by atoms with E-state index < -0.39 is 11.8 Å². The number of hydrogen-bond donors (Lipinski definition) is 2. The number of carbonyl (C=O) groups excluding carboxylic acids is 3. The average Bonchev–Trinajstić information content (AvgIpc) is 3.46. The van der Waals surface area contributed by atoms with Crippen molar-refractivity contribution in [2.45, 2.75) is 25.9 Å². The third kappa shape index (κ3) is 4.96. The average molecular weight is 500 g/mol. The molecule has 1 fully saturated rings. The second kappa shape index (κ2) is 10.4. The Hall–Kier alpha value is -3.56. The number of rotatable bonds is 8. The first kappa shape index (κ1) is 24.6. The largest absolute Gasteiger partial charge is 0.497 e. The van der Waals surface area contributed by atoms with Gasteiger partial charge in [0.05, 0.1) is 26.0 Å². The summed E-state index contributed by atoms with van der Waals surface area (Å²) in [5, 5.41) is 5.57. The third-order valence-corrected chi connectivity index (χ3v) is 6.28. The summed E-state index contributed by atoms with van der Waals surface area (Å²) in [6.45, 7) is 2.95. The molecule has 0 radical (unpaired) electrons. The molecule has 1 atom stereocenters. The molecule has 0 saturated carbocycles. The van der Waals surface area contributed by atoms with E-state index in [4.69, 9.17) is 25.8 Å². The summed E-state index contributed by atoms with van der Waals surface area (Å²) in [4.78, 5) is 39.8. The standard InChI is InChI=1S/C25H26ClN3O6/c1-14-6-7-15(23(30)27-13-17-5-4-10-35-17)11-18(14)28-22-21(26)24(31)29(25(22)32)19-9-8-16(33-2)12-20(19)34-3/h6-9,11-12,17,28H,4-5,10,13H2,1-3H3,(H,27,30). The number of nitrogens with zero attached hydrogens (tertiary/aromatic N) is 1. The van der Waals surface area contributed by atoms with Crippen LogP contribution >= 0.6 is 11.6 Å². The molecule has 2 aromatic rings.